The molecule has 2 aliphatic heterocycles. The third-order valence-corrected chi connectivity index (χ3v) is 6.63. The molecular formula is C26H36N4O2. The second kappa shape index (κ2) is 11.2. The summed E-state index contributed by atoms with van der Waals surface area (Å²) in [6.45, 7) is 4.72. The van der Waals surface area contributed by atoms with E-state index < -0.39 is 0 Å². The molecule has 172 valence electrons. The Hall–Kier alpha value is -2.73. The van der Waals surface area contributed by atoms with E-state index in [9.17, 15) is 4.79 Å². The van der Waals surface area contributed by atoms with E-state index in [-0.39, 0.29) is 12.1 Å². The smallest absolute Gasteiger partial charge is 0.319 e. The first-order valence-corrected chi connectivity index (χ1v) is 12.0. The number of nitrogens with one attached hydrogen (secondary N) is 2. The van der Waals surface area contributed by atoms with Gasteiger partial charge < -0.3 is 20.3 Å². The van der Waals surface area contributed by atoms with Gasteiger partial charge in [0, 0.05) is 25.2 Å². The predicted molar refractivity (Wildman–Crippen MR) is 131 cm³/mol. The largest absolute Gasteiger partial charge is 0.496 e. The minimum Gasteiger partial charge on any atom is -0.496 e. The highest BCUT2D eigenvalue weighted by Gasteiger charge is 2.26. The van der Waals surface area contributed by atoms with Gasteiger partial charge in [-0.2, -0.15) is 0 Å². The molecule has 0 aromatic heterocycles. The molecule has 2 fully saturated rings. The van der Waals surface area contributed by atoms with Gasteiger partial charge in [0.15, 0.2) is 0 Å². The van der Waals surface area contributed by atoms with Gasteiger partial charge in [-0.3, -0.25) is 4.90 Å². The van der Waals surface area contributed by atoms with Crippen LogP contribution >= 0.6 is 0 Å². The van der Waals surface area contributed by atoms with Gasteiger partial charge in [-0.15, -0.1) is 0 Å². The third kappa shape index (κ3) is 5.54. The molecule has 2 heterocycles. The van der Waals surface area contributed by atoms with Crippen LogP contribution in [0.2, 0.25) is 0 Å². The zero-order chi connectivity index (χ0) is 22.2. The van der Waals surface area contributed by atoms with Crippen LogP contribution in [-0.2, 0) is 0 Å². The number of methoxy groups -OCH3 is 1. The molecule has 2 saturated heterocycles. The summed E-state index contributed by atoms with van der Waals surface area (Å²) < 4.78 is 5.62. The number of carbonyl (C=O) groups is 1. The van der Waals surface area contributed by atoms with Crippen LogP contribution in [0.25, 0.3) is 0 Å². The molecule has 2 aromatic rings. The maximum absolute atomic E-state index is 12.9. The van der Waals surface area contributed by atoms with Crippen molar-refractivity contribution >= 4 is 17.4 Å². The van der Waals surface area contributed by atoms with Gasteiger partial charge in [-0.25, -0.2) is 4.79 Å². The number of rotatable bonds is 7. The fourth-order valence-corrected chi connectivity index (χ4v) is 4.95. The minimum absolute atomic E-state index is 0.0975. The third-order valence-electron chi connectivity index (χ3n) is 6.63. The van der Waals surface area contributed by atoms with Crippen LogP contribution in [0.1, 0.15) is 50.1 Å². The van der Waals surface area contributed by atoms with Gasteiger partial charge in [-0.1, -0.05) is 43.2 Å². The lowest BCUT2D eigenvalue weighted by molar-refractivity contribution is 0.224. The normalized spacial score (nSPS) is 18.1. The van der Waals surface area contributed by atoms with Crippen molar-refractivity contribution in [3.8, 4) is 5.75 Å². The quantitative estimate of drug-likeness (QED) is 0.639. The zero-order valence-electron chi connectivity index (χ0n) is 19.2. The van der Waals surface area contributed by atoms with Gasteiger partial charge in [0.05, 0.1) is 24.5 Å². The Morgan fingerprint density at radius 2 is 1.56 bits per heavy atom. The number of ether oxygens (including phenoxy) is 1. The Kier molecular flexibility index (Phi) is 7.88. The summed E-state index contributed by atoms with van der Waals surface area (Å²) in [6, 6.07) is 16.2. The van der Waals surface area contributed by atoms with Gasteiger partial charge in [0.1, 0.15) is 5.75 Å². The van der Waals surface area contributed by atoms with E-state index in [2.05, 4.69) is 32.6 Å². The lowest BCUT2D eigenvalue weighted by Crippen LogP contribution is -2.39. The topological polar surface area (TPSA) is 56.8 Å². The molecular weight excluding hydrogens is 400 g/mol. The van der Waals surface area contributed by atoms with Crippen LogP contribution in [-0.4, -0.2) is 50.8 Å². The molecule has 6 nitrogen and oxygen atoms in total. The molecule has 1 atom stereocenters. The average molecular weight is 437 g/mol. The first-order chi connectivity index (χ1) is 15.8. The monoisotopic (exact) mass is 436 g/mol. The van der Waals surface area contributed by atoms with Gasteiger partial charge in [-0.05, 0) is 57.0 Å². The fourth-order valence-electron chi connectivity index (χ4n) is 4.95. The van der Waals surface area contributed by atoms with Gasteiger partial charge in [0.2, 0.25) is 0 Å². The zero-order valence-corrected chi connectivity index (χ0v) is 19.2. The van der Waals surface area contributed by atoms with Crippen LogP contribution in [0.5, 0.6) is 5.75 Å². The minimum atomic E-state index is -0.161. The first kappa shape index (κ1) is 22.5. The number of likely N-dealkylation sites (tertiary alicyclic amines) is 1. The highest BCUT2D eigenvalue weighted by molar-refractivity contribution is 5.93. The summed E-state index contributed by atoms with van der Waals surface area (Å²) in [5.41, 5.74) is 3.12. The molecule has 4 rings (SSSR count). The number of para-hydroxylation sites is 3. The van der Waals surface area contributed by atoms with E-state index in [0.29, 0.717) is 6.54 Å². The number of carbonyl (C=O) groups excluding carboxylic acids is 1. The maximum atomic E-state index is 12.9. The molecule has 0 saturated carbocycles. The van der Waals surface area contributed by atoms with Crippen LogP contribution in [0.15, 0.2) is 48.5 Å². The summed E-state index contributed by atoms with van der Waals surface area (Å²) in [5, 5.41) is 6.25. The molecule has 6 heteroatoms. The average Bonchev–Trinajstić information content (AvgIpc) is 3.22. The molecule has 2 amide bonds. The second-order valence-corrected chi connectivity index (χ2v) is 8.75. The Labute approximate surface area is 191 Å². The summed E-state index contributed by atoms with van der Waals surface area (Å²) in [7, 11) is 1.71. The Bertz CT molecular complexity index is 874. The Morgan fingerprint density at radius 1 is 0.906 bits per heavy atom. The highest BCUT2D eigenvalue weighted by atomic mass is 16.5. The molecule has 0 aliphatic carbocycles. The van der Waals surface area contributed by atoms with E-state index in [4.69, 9.17) is 4.74 Å². The molecule has 2 aromatic carbocycles. The lowest BCUT2D eigenvalue weighted by atomic mass is 10.0. The van der Waals surface area contributed by atoms with Crippen molar-refractivity contribution < 1.29 is 9.53 Å². The molecule has 2 N–H and O–H groups in total. The molecule has 0 bridgehead atoms. The van der Waals surface area contributed by atoms with Crippen molar-refractivity contribution in [3.05, 3.63) is 54.1 Å². The van der Waals surface area contributed by atoms with Crippen LogP contribution < -0.4 is 20.3 Å². The number of anilines is 2. The van der Waals surface area contributed by atoms with Gasteiger partial charge >= 0.3 is 6.03 Å². The summed E-state index contributed by atoms with van der Waals surface area (Å²) in [4.78, 5) is 17.8. The lowest BCUT2D eigenvalue weighted by Gasteiger charge is -2.29. The standard InChI is InChI=1S/C26H36N4O2/c1-32-25-15-7-4-12-21(25)24(30-18-10-11-19-30)20-27-26(31)28-22-13-5-6-14-23(22)29-16-8-2-3-9-17-29/h4-7,12-15,24H,2-3,8-11,16-20H2,1H3,(H2,27,28,31). The number of benzene rings is 2. The number of urea groups is 1. The number of amides is 2. The molecule has 0 radical (unpaired) electrons. The number of hydrogen-bond acceptors (Lipinski definition) is 4. The molecule has 1 unspecified atom stereocenters. The van der Waals surface area contributed by atoms with E-state index >= 15 is 0 Å². The van der Waals surface area contributed by atoms with Crippen molar-refractivity contribution in [3.63, 3.8) is 0 Å². The van der Waals surface area contributed by atoms with E-state index in [1.54, 1.807) is 7.11 Å². The Morgan fingerprint density at radius 3 is 2.31 bits per heavy atom. The maximum Gasteiger partial charge on any atom is 0.319 e. The van der Waals surface area contributed by atoms with E-state index in [0.717, 1.165) is 48.9 Å². The summed E-state index contributed by atoms with van der Waals surface area (Å²) in [6.07, 6.45) is 7.37. The predicted octanol–water partition coefficient (Wildman–Crippen LogP) is 5.03. The molecule has 0 spiro atoms. The number of hydrogen-bond donors (Lipinski definition) is 2. The van der Waals surface area contributed by atoms with Crippen molar-refractivity contribution in [1.29, 1.82) is 0 Å². The van der Waals surface area contributed by atoms with Crippen LogP contribution in [0, 0.1) is 0 Å². The summed E-state index contributed by atoms with van der Waals surface area (Å²) >= 11 is 0. The second-order valence-electron chi connectivity index (χ2n) is 8.75. The fraction of sp³-hybridized carbons (Fsp3) is 0.500. The van der Waals surface area contributed by atoms with Crippen molar-refractivity contribution in [2.24, 2.45) is 0 Å². The molecule has 2 aliphatic rings. The van der Waals surface area contributed by atoms with Gasteiger partial charge in [0.25, 0.3) is 0 Å². The van der Waals surface area contributed by atoms with Crippen molar-refractivity contribution in [2.45, 2.75) is 44.6 Å². The first-order valence-electron chi connectivity index (χ1n) is 12.0. The van der Waals surface area contributed by atoms with Crippen LogP contribution in [0.4, 0.5) is 16.2 Å². The van der Waals surface area contributed by atoms with E-state index in [1.165, 1.54) is 38.5 Å². The van der Waals surface area contributed by atoms with E-state index in [1.807, 2.05) is 36.4 Å². The van der Waals surface area contributed by atoms with Crippen molar-refractivity contribution in [2.75, 3.05) is 50.1 Å². The van der Waals surface area contributed by atoms with Crippen LogP contribution in [0.3, 0.4) is 0 Å². The Balaban J connectivity index is 1.44. The highest BCUT2D eigenvalue weighted by Crippen LogP contribution is 2.31. The molecule has 32 heavy (non-hydrogen) atoms. The summed E-state index contributed by atoms with van der Waals surface area (Å²) in [5.74, 6) is 0.873. The van der Waals surface area contributed by atoms with Crippen molar-refractivity contribution in [1.82, 2.24) is 10.2 Å². The number of nitrogens with zero attached hydrogens (tertiary/aromatic N) is 2. The SMILES string of the molecule is COc1ccccc1C(CNC(=O)Nc1ccccc1N1CCCCCC1)N1CCCC1.